The molecule has 1 aromatic rings. The third kappa shape index (κ3) is 26.9. The first-order valence-corrected chi connectivity index (χ1v) is 28.8. The van der Waals surface area contributed by atoms with Crippen molar-refractivity contribution >= 4 is 76.8 Å². The van der Waals surface area contributed by atoms with Crippen molar-refractivity contribution in [2.45, 2.75) is 218 Å². The average Bonchev–Trinajstić information content (AvgIpc) is 3.60. The number of aromatic hydroxyl groups is 1. The molecule has 0 bridgehead atoms. The van der Waals surface area contributed by atoms with Gasteiger partial charge in [0, 0.05) is 13.3 Å². The van der Waals surface area contributed by atoms with Gasteiger partial charge in [0.1, 0.15) is 76.7 Å². The zero-order valence-corrected chi connectivity index (χ0v) is 51.8. The maximum absolute atomic E-state index is 13.9. The fourth-order valence-electron chi connectivity index (χ4n) is 8.02. The molecule has 0 aromatic heterocycles. The van der Waals surface area contributed by atoms with Crippen molar-refractivity contribution in [1.29, 1.82) is 0 Å². The van der Waals surface area contributed by atoms with Crippen molar-refractivity contribution in [2.75, 3.05) is 19.6 Å². The van der Waals surface area contributed by atoms with Gasteiger partial charge in [-0.1, -0.05) is 12.1 Å². The maximum Gasteiger partial charge on any atom is 0.245 e. The molecule has 0 aliphatic heterocycles. The fourth-order valence-corrected chi connectivity index (χ4v) is 8.02. The molecule has 0 aliphatic rings. The van der Waals surface area contributed by atoms with E-state index in [1.165, 1.54) is 95.2 Å². The van der Waals surface area contributed by atoms with Crippen LogP contribution in [0.4, 0.5) is 0 Å². The van der Waals surface area contributed by atoms with Gasteiger partial charge in [-0.3, -0.25) is 62.3 Å². The van der Waals surface area contributed by atoms with Crippen LogP contribution in [0.25, 0.3) is 0 Å². The first-order valence-electron chi connectivity index (χ1n) is 28.8. The lowest BCUT2D eigenvalue weighted by Crippen LogP contribution is -2.63. The molecule has 30 heteroatoms. The van der Waals surface area contributed by atoms with E-state index in [1.807, 2.05) is 0 Å². The molecule has 484 valence electrons. The Morgan fingerprint density at radius 3 is 1.01 bits per heavy atom. The van der Waals surface area contributed by atoms with E-state index in [4.69, 9.17) is 22.9 Å². The number of nitrogens with two attached hydrogens (primary N) is 4. The number of hydrogen-bond acceptors (Lipinski definition) is 17. The molecule has 21 N–H and O–H groups in total. The number of rotatable bonds is 38. The topological polar surface area (TPSA) is 491 Å². The molecular formula is C56H96N16O14. The van der Waals surface area contributed by atoms with Crippen LogP contribution in [0.1, 0.15) is 146 Å². The van der Waals surface area contributed by atoms with Crippen LogP contribution >= 0.6 is 0 Å². The first kappa shape index (κ1) is 76.0. The van der Waals surface area contributed by atoms with E-state index >= 15 is 0 Å². The highest BCUT2D eigenvalue weighted by Gasteiger charge is 2.39. The molecule has 9 atom stereocenters. The lowest BCUT2D eigenvalue weighted by Gasteiger charge is -2.30. The SMILES string of the molecule is CC(=O)N[C@@H](C)C(=O)NC(C)(C)C(=O)N[C@@H](C)C(=O)N[C@@H](CCCCN)C(=O)N[C@@H](C)C(=O)NC(C)(C)C(=O)N[C@@H](CCCCN)C(=O)N[C@@H](C)C(=O)N[C@@H](CCCCN)C(=O)N[C@@H](C)C(=O)NC(C)(C)C(=O)N[C@@H](Cc1ccc(O)cc1)C(N)=O. The highest BCUT2D eigenvalue weighted by atomic mass is 16.3. The number of carbonyl (C=O) groups is 13. The Kier molecular flexibility index (Phi) is 31.9. The Morgan fingerprint density at radius 1 is 0.395 bits per heavy atom. The Hall–Kier alpha value is -7.99. The summed E-state index contributed by atoms with van der Waals surface area (Å²) in [7, 11) is 0. The number of amides is 13. The lowest BCUT2D eigenvalue weighted by molar-refractivity contribution is -0.137. The standard InChI is InChI=1S/C56H96N16O14/c1-30(43(76)66-38(19-13-16-26-57)48(81)63-34(5)47(80)72-56(11,12)53(86)69-41(42(60)75)29-36-22-24-37(74)25-23-36)62-50(83)40(21-15-18-28-59)68-52(85)55(9,10)71-46(79)33(4)64-49(82)39(20-14-17-27-58)67-44(77)31(2)65-51(84)54(7,8)70-45(78)32(3)61-35(6)73/h22-25,30-34,38-41,74H,13-21,26-29,57-59H2,1-12H3,(H2,60,75)(H,61,73)(H,62,83)(H,63,81)(H,64,82)(H,65,84)(H,66,76)(H,67,77)(H,68,85)(H,69,86)(H,70,78)(H,71,79)(H,72,80)/t30-,31-,32-,33-,34-,38-,39-,40-,41-/m0/s1. The van der Waals surface area contributed by atoms with E-state index in [0.717, 1.165) is 0 Å². The smallest absolute Gasteiger partial charge is 0.245 e. The van der Waals surface area contributed by atoms with Gasteiger partial charge >= 0.3 is 0 Å². The van der Waals surface area contributed by atoms with Crippen molar-refractivity contribution in [3.05, 3.63) is 29.8 Å². The van der Waals surface area contributed by atoms with Crippen LogP contribution in [-0.2, 0) is 68.7 Å². The summed E-state index contributed by atoms with van der Waals surface area (Å²) in [5.41, 5.74) is 18.3. The quantitative estimate of drug-likeness (QED) is 0.0280. The van der Waals surface area contributed by atoms with Gasteiger partial charge in [-0.15, -0.1) is 0 Å². The van der Waals surface area contributed by atoms with E-state index < -0.39 is 148 Å². The van der Waals surface area contributed by atoms with Crippen LogP contribution in [0.15, 0.2) is 24.3 Å². The Morgan fingerprint density at radius 2 is 0.686 bits per heavy atom. The van der Waals surface area contributed by atoms with E-state index in [1.54, 1.807) is 12.1 Å². The monoisotopic (exact) mass is 1220 g/mol. The van der Waals surface area contributed by atoms with E-state index in [-0.39, 0.29) is 51.1 Å². The molecule has 0 radical (unpaired) electrons. The van der Waals surface area contributed by atoms with Gasteiger partial charge in [0.05, 0.1) is 0 Å². The third-order valence-electron chi connectivity index (χ3n) is 13.6. The number of primary amides is 1. The van der Waals surface area contributed by atoms with Crippen molar-refractivity contribution in [3.8, 4) is 5.75 Å². The van der Waals surface area contributed by atoms with Crippen LogP contribution in [0.3, 0.4) is 0 Å². The zero-order chi connectivity index (χ0) is 65.9. The van der Waals surface area contributed by atoms with Crippen molar-refractivity contribution < 1.29 is 67.4 Å². The number of hydrogen-bond donors (Lipinski definition) is 17. The molecule has 0 fully saturated rings. The zero-order valence-electron chi connectivity index (χ0n) is 51.8. The molecule has 0 saturated heterocycles. The molecule has 0 heterocycles. The van der Waals surface area contributed by atoms with Crippen molar-refractivity contribution in [3.63, 3.8) is 0 Å². The molecule has 86 heavy (non-hydrogen) atoms. The second-order valence-electron chi connectivity index (χ2n) is 23.0. The van der Waals surface area contributed by atoms with Crippen LogP contribution in [-0.4, -0.2) is 173 Å². The normalized spacial score (nSPS) is 14.6. The van der Waals surface area contributed by atoms with E-state index in [0.29, 0.717) is 44.1 Å². The summed E-state index contributed by atoms with van der Waals surface area (Å²) in [6.07, 6.45) is 2.67. The number of phenols is 1. The Labute approximate surface area is 503 Å². The fraction of sp³-hybridized carbons (Fsp3) is 0.661. The third-order valence-corrected chi connectivity index (χ3v) is 13.6. The number of benzene rings is 1. The van der Waals surface area contributed by atoms with Gasteiger partial charge in [-0.25, -0.2) is 0 Å². The highest BCUT2D eigenvalue weighted by Crippen LogP contribution is 2.14. The number of phenolic OH excluding ortho intramolecular Hbond substituents is 1. The summed E-state index contributed by atoms with van der Waals surface area (Å²) < 4.78 is 0. The molecule has 0 spiro atoms. The minimum Gasteiger partial charge on any atom is -0.508 e. The summed E-state index contributed by atoms with van der Waals surface area (Å²) in [6.45, 7) is 17.1. The molecule has 0 aliphatic carbocycles. The number of nitrogens with one attached hydrogen (secondary N) is 12. The number of unbranched alkanes of at least 4 members (excludes halogenated alkanes) is 3. The molecule has 1 aromatic carbocycles. The summed E-state index contributed by atoms with van der Waals surface area (Å²) in [5.74, 6) is -9.89. The maximum atomic E-state index is 13.9. The molecule has 0 unspecified atom stereocenters. The second-order valence-corrected chi connectivity index (χ2v) is 23.0. The van der Waals surface area contributed by atoms with Crippen molar-refractivity contribution in [1.82, 2.24) is 63.8 Å². The lowest BCUT2D eigenvalue weighted by atomic mass is 10.0. The molecular weight excluding hydrogens is 1120 g/mol. The van der Waals surface area contributed by atoms with Gasteiger partial charge in [0.2, 0.25) is 76.8 Å². The number of carbonyl (C=O) groups excluding carboxylic acids is 13. The van der Waals surface area contributed by atoms with Gasteiger partial charge in [-0.2, -0.15) is 0 Å². The van der Waals surface area contributed by atoms with Crippen LogP contribution in [0, 0.1) is 0 Å². The van der Waals surface area contributed by atoms with Crippen LogP contribution < -0.4 is 86.7 Å². The highest BCUT2D eigenvalue weighted by molar-refractivity contribution is 6.00. The van der Waals surface area contributed by atoms with E-state index in [2.05, 4.69) is 63.8 Å². The molecule has 30 nitrogen and oxygen atoms in total. The Bertz CT molecular complexity index is 2530. The summed E-state index contributed by atoms with van der Waals surface area (Å²) in [4.78, 5) is 172. The molecule has 13 amide bonds. The predicted octanol–water partition coefficient (Wildman–Crippen LogP) is -4.03. The van der Waals surface area contributed by atoms with Gasteiger partial charge in [0.15, 0.2) is 0 Å². The molecule has 1 rings (SSSR count). The van der Waals surface area contributed by atoms with Crippen LogP contribution in [0.5, 0.6) is 5.75 Å². The second kappa shape index (κ2) is 36.1. The van der Waals surface area contributed by atoms with Crippen molar-refractivity contribution in [2.24, 2.45) is 22.9 Å². The summed E-state index contributed by atoms with van der Waals surface area (Å²) in [6, 6.07) is -5.06. The average molecular weight is 1220 g/mol. The minimum absolute atomic E-state index is 0.00337. The summed E-state index contributed by atoms with van der Waals surface area (Å²) in [5, 5.41) is 40.1. The Balaban J connectivity index is 3.11. The largest absolute Gasteiger partial charge is 0.508 e. The van der Waals surface area contributed by atoms with E-state index in [9.17, 15) is 67.4 Å². The predicted molar refractivity (Wildman–Crippen MR) is 318 cm³/mol. The summed E-state index contributed by atoms with van der Waals surface area (Å²) >= 11 is 0. The minimum atomic E-state index is -1.73. The van der Waals surface area contributed by atoms with Gasteiger partial charge < -0.3 is 91.8 Å². The first-order chi connectivity index (χ1) is 39.9. The van der Waals surface area contributed by atoms with Gasteiger partial charge in [-0.05, 0) is 171 Å². The molecule has 0 saturated carbocycles. The van der Waals surface area contributed by atoms with Crippen LogP contribution in [0.2, 0.25) is 0 Å². The van der Waals surface area contributed by atoms with Gasteiger partial charge in [0.25, 0.3) is 0 Å².